The van der Waals surface area contributed by atoms with Gasteiger partial charge in [-0.2, -0.15) is 4.31 Å². The Hall–Kier alpha value is -1.65. The zero-order valence-corrected chi connectivity index (χ0v) is 13.3. The molecule has 1 heterocycles. The highest BCUT2D eigenvalue weighted by molar-refractivity contribution is 7.89. The summed E-state index contributed by atoms with van der Waals surface area (Å²) >= 11 is 0. The van der Waals surface area contributed by atoms with Crippen molar-refractivity contribution in [2.75, 3.05) is 6.54 Å². The SMILES string of the molecule is Cc1ccc(S(=O)(=O)N2CC2c2cc(C)cc(C)c2)cc1. The van der Waals surface area contributed by atoms with Crippen molar-refractivity contribution in [3.63, 3.8) is 0 Å². The van der Waals surface area contributed by atoms with Gasteiger partial charge in [-0.05, 0) is 38.5 Å². The van der Waals surface area contributed by atoms with Gasteiger partial charge in [0.25, 0.3) is 0 Å². The smallest absolute Gasteiger partial charge is 0.207 e. The minimum atomic E-state index is -3.37. The molecule has 0 radical (unpaired) electrons. The van der Waals surface area contributed by atoms with Gasteiger partial charge in [0.2, 0.25) is 10.0 Å². The standard InChI is InChI=1S/C17H19NO2S/c1-12-4-6-16(7-5-12)21(19,20)18-11-17(18)15-9-13(2)8-14(3)10-15/h4-10,17H,11H2,1-3H3. The largest absolute Gasteiger partial charge is 0.243 e. The van der Waals surface area contributed by atoms with Crippen LogP contribution >= 0.6 is 0 Å². The first-order valence-corrected chi connectivity index (χ1v) is 8.48. The van der Waals surface area contributed by atoms with E-state index in [-0.39, 0.29) is 6.04 Å². The van der Waals surface area contributed by atoms with Crippen LogP contribution in [-0.2, 0) is 10.0 Å². The molecule has 3 nitrogen and oxygen atoms in total. The lowest BCUT2D eigenvalue weighted by Gasteiger charge is -2.08. The predicted molar refractivity (Wildman–Crippen MR) is 83.7 cm³/mol. The number of hydrogen-bond acceptors (Lipinski definition) is 2. The number of hydrogen-bond donors (Lipinski definition) is 0. The third-order valence-electron chi connectivity index (χ3n) is 3.82. The van der Waals surface area contributed by atoms with Gasteiger partial charge in [0.1, 0.15) is 0 Å². The average molecular weight is 301 g/mol. The Labute approximate surface area is 126 Å². The summed E-state index contributed by atoms with van der Waals surface area (Å²) in [5, 5.41) is 0. The van der Waals surface area contributed by atoms with E-state index in [2.05, 4.69) is 18.2 Å². The zero-order chi connectivity index (χ0) is 15.2. The molecule has 2 unspecified atom stereocenters. The summed E-state index contributed by atoms with van der Waals surface area (Å²) in [6.45, 7) is 6.60. The lowest BCUT2D eigenvalue weighted by molar-refractivity contribution is 0.554. The molecule has 0 N–H and O–H groups in total. The molecule has 110 valence electrons. The van der Waals surface area contributed by atoms with Gasteiger partial charge in [0.05, 0.1) is 10.9 Å². The monoisotopic (exact) mass is 301 g/mol. The fraction of sp³-hybridized carbons (Fsp3) is 0.294. The van der Waals surface area contributed by atoms with Crippen LogP contribution in [0, 0.1) is 20.8 Å². The van der Waals surface area contributed by atoms with E-state index in [1.165, 1.54) is 11.1 Å². The maximum atomic E-state index is 12.6. The highest BCUT2D eigenvalue weighted by Gasteiger charge is 2.45. The lowest BCUT2D eigenvalue weighted by atomic mass is 10.1. The predicted octanol–water partition coefficient (Wildman–Crippen LogP) is 3.36. The highest BCUT2D eigenvalue weighted by atomic mass is 32.2. The molecule has 1 fully saturated rings. The maximum Gasteiger partial charge on any atom is 0.243 e. The number of aryl methyl sites for hydroxylation is 3. The Balaban J connectivity index is 1.88. The van der Waals surface area contributed by atoms with Gasteiger partial charge in [-0.25, -0.2) is 8.42 Å². The van der Waals surface area contributed by atoms with E-state index in [1.54, 1.807) is 16.4 Å². The van der Waals surface area contributed by atoms with Crippen molar-refractivity contribution < 1.29 is 8.42 Å². The molecule has 0 bridgehead atoms. The molecule has 0 aliphatic carbocycles. The van der Waals surface area contributed by atoms with E-state index < -0.39 is 10.0 Å². The summed E-state index contributed by atoms with van der Waals surface area (Å²) in [4.78, 5) is 0.375. The second kappa shape index (κ2) is 4.97. The highest BCUT2D eigenvalue weighted by Crippen LogP contribution is 2.40. The van der Waals surface area contributed by atoms with Crippen molar-refractivity contribution in [3.05, 3.63) is 64.7 Å². The summed E-state index contributed by atoms with van der Waals surface area (Å²) in [5.74, 6) is 0. The van der Waals surface area contributed by atoms with Gasteiger partial charge in [-0.15, -0.1) is 0 Å². The van der Waals surface area contributed by atoms with Gasteiger partial charge in [0.15, 0.2) is 0 Å². The van der Waals surface area contributed by atoms with Gasteiger partial charge >= 0.3 is 0 Å². The molecule has 0 aromatic heterocycles. The van der Waals surface area contributed by atoms with Crippen LogP contribution in [-0.4, -0.2) is 19.3 Å². The van der Waals surface area contributed by atoms with Crippen LogP contribution in [0.5, 0.6) is 0 Å². The molecule has 0 amide bonds. The summed E-state index contributed by atoms with van der Waals surface area (Å²) < 4.78 is 26.7. The van der Waals surface area contributed by atoms with Crippen molar-refractivity contribution in [3.8, 4) is 0 Å². The Morgan fingerprint density at radius 2 is 1.48 bits per heavy atom. The Bertz CT molecular complexity index is 759. The van der Waals surface area contributed by atoms with Crippen LogP contribution in [0.1, 0.15) is 28.3 Å². The molecule has 1 aliphatic heterocycles. The van der Waals surface area contributed by atoms with Crippen molar-refractivity contribution >= 4 is 10.0 Å². The van der Waals surface area contributed by atoms with E-state index in [1.807, 2.05) is 32.9 Å². The Kier molecular flexibility index (Phi) is 3.38. The number of nitrogens with zero attached hydrogens (tertiary/aromatic N) is 1. The Morgan fingerprint density at radius 1 is 0.905 bits per heavy atom. The van der Waals surface area contributed by atoms with Gasteiger partial charge in [0, 0.05) is 6.54 Å². The van der Waals surface area contributed by atoms with Crippen LogP contribution in [0.2, 0.25) is 0 Å². The fourth-order valence-corrected chi connectivity index (χ4v) is 4.25. The van der Waals surface area contributed by atoms with E-state index in [0.29, 0.717) is 11.4 Å². The molecule has 1 aliphatic rings. The van der Waals surface area contributed by atoms with Crippen molar-refractivity contribution in [2.45, 2.75) is 31.7 Å². The molecule has 2 aromatic carbocycles. The van der Waals surface area contributed by atoms with Gasteiger partial charge in [-0.3, -0.25) is 0 Å². The molecular weight excluding hydrogens is 282 g/mol. The second-order valence-electron chi connectivity index (χ2n) is 5.82. The zero-order valence-electron chi connectivity index (χ0n) is 12.5. The average Bonchev–Trinajstić information content (AvgIpc) is 3.19. The molecule has 0 spiro atoms. The first-order chi connectivity index (χ1) is 9.88. The lowest BCUT2D eigenvalue weighted by Crippen LogP contribution is -2.12. The van der Waals surface area contributed by atoms with Crippen molar-refractivity contribution in [1.29, 1.82) is 0 Å². The molecule has 21 heavy (non-hydrogen) atoms. The van der Waals surface area contributed by atoms with Gasteiger partial charge < -0.3 is 0 Å². The van der Waals surface area contributed by atoms with E-state index in [4.69, 9.17) is 0 Å². The normalized spacial score (nSPS) is 21.3. The molecule has 0 saturated carbocycles. The molecule has 2 aromatic rings. The molecular formula is C17H19NO2S. The second-order valence-corrected chi connectivity index (χ2v) is 7.72. The topological polar surface area (TPSA) is 37.1 Å². The molecule has 2 atom stereocenters. The molecule has 1 saturated heterocycles. The first kappa shape index (κ1) is 14.3. The van der Waals surface area contributed by atoms with Crippen molar-refractivity contribution in [1.82, 2.24) is 4.31 Å². The van der Waals surface area contributed by atoms with Crippen LogP contribution in [0.4, 0.5) is 0 Å². The summed E-state index contributed by atoms with van der Waals surface area (Å²) in [6.07, 6.45) is 0. The van der Waals surface area contributed by atoms with Crippen molar-refractivity contribution in [2.24, 2.45) is 0 Å². The van der Waals surface area contributed by atoms with E-state index in [0.717, 1.165) is 11.1 Å². The first-order valence-electron chi connectivity index (χ1n) is 7.04. The summed E-state index contributed by atoms with van der Waals surface area (Å²) in [7, 11) is -3.37. The number of sulfonamides is 1. The van der Waals surface area contributed by atoms with Crippen LogP contribution in [0.3, 0.4) is 0 Å². The Morgan fingerprint density at radius 3 is 2.05 bits per heavy atom. The van der Waals surface area contributed by atoms with Crippen LogP contribution in [0.25, 0.3) is 0 Å². The molecule has 3 rings (SSSR count). The third kappa shape index (κ3) is 2.74. The minimum absolute atomic E-state index is 0.0186. The number of rotatable bonds is 3. The third-order valence-corrected chi connectivity index (χ3v) is 5.71. The summed E-state index contributed by atoms with van der Waals surface area (Å²) in [5.41, 5.74) is 4.49. The fourth-order valence-electron chi connectivity index (χ4n) is 2.71. The van der Waals surface area contributed by atoms with E-state index >= 15 is 0 Å². The minimum Gasteiger partial charge on any atom is -0.207 e. The molecule has 4 heteroatoms. The van der Waals surface area contributed by atoms with Crippen LogP contribution < -0.4 is 0 Å². The quantitative estimate of drug-likeness (QED) is 0.815. The number of benzene rings is 2. The van der Waals surface area contributed by atoms with E-state index in [9.17, 15) is 8.42 Å². The summed E-state index contributed by atoms with van der Waals surface area (Å²) in [6, 6.07) is 13.3. The van der Waals surface area contributed by atoms with Crippen LogP contribution in [0.15, 0.2) is 47.4 Å². The maximum absolute atomic E-state index is 12.6. The van der Waals surface area contributed by atoms with Gasteiger partial charge in [-0.1, -0.05) is 47.0 Å².